The fourth-order valence-corrected chi connectivity index (χ4v) is 3.33. The Morgan fingerprint density at radius 1 is 1.19 bits per heavy atom. The van der Waals surface area contributed by atoms with Gasteiger partial charge in [-0.2, -0.15) is 0 Å². The minimum atomic E-state index is -0.119. The number of oxazole rings is 1. The fraction of sp³-hybridized carbons (Fsp3) is 0.250. The predicted octanol–water partition coefficient (Wildman–Crippen LogP) is 4.53. The number of hydrogen-bond donors (Lipinski definition) is 1. The summed E-state index contributed by atoms with van der Waals surface area (Å²) in [5, 5.41) is 0. The van der Waals surface area contributed by atoms with Gasteiger partial charge in [0.05, 0.1) is 5.56 Å². The van der Waals surface area contributed by atoms with Gasteiger partial charge in [-0.1, -0.05) is 32.9 Å². The predicted molar refractivity (Wildman–Crippen MR) is 88.1 cm³/mol. The largest absolute Gasteiger partial charge is 0.436 e. The molecule has 0 fully saturated rings. The van der Waals surface area contributed by atoms with E-state index < -0.39 is 0 Å². The maximum atomic E-state index is 6.11. The second-order valence-electron chi connectivity index (χ2n) is 5.98. The molecule has 0 spiro atoms. The van der Waals surface area contributed by atoms with Gasteiger partial charge in [0.1, 0.15) is 11.3 Å². The van der Waals surface area contributed by atoms with Crippen LogP contribution < -0.4 is 5.73 Å². The van der Waals surface area contributed by atoms with E-state index in [-0.39, 0.29) is 5.41 Å². The van der Waals surface area contributed by atoms with Gasteiger partial charge in [-0.3, -0.25) is 0 Å². The minimum Gasteiger partial charge on any atom is -0.436 e. The second-order valence-corrected chi connectivity index (χ2v) is 6.83. The Morgan fingerprint density at radius 2 is 1.90 bits per heavy atom. The van der Waals surface area contributed by atoms with Crippen molar-refractivity contribution in [2.75, 3.05) is 5.73 Å². The molecule has 108 valence electrons. The van der Waals surface area contributed by atoms with Crippen LogP contribution in [0.2, 0.25) is 0 Å². The lowest BCUT2D eigenvalue weighted by atomic mass is 9.84. The van der Waals surface area contributed by atoms with Crippen LogP contribution in [0.25, 0.3) is 22.6 Å². The average molecular weight is 346 g/mol. The van der Waals surface area contributed by atoms with E-state index in [0.717, 1.165) is 26.7 Å². The lowest BCUT2D eigenvalue weighted by molar-refractivity contribution is 0.576. The van der Waals surface area contributed by atoms with Crippen LogP contribution in [0.15, 0.2) is 39.4 Å². The van der Waals surface area contributed by atoms with Crippen LogP contribution >= 0.6 is 15.9 Å². The average Bonchev–Trinajstić information content (AvgIpc) is 2.83. The molecule has 0 atom stereocenters. The number of aromatic nitrogens is 2. The van der Waals surface area contributed by atoms with Crippen molar-refractivity contribution in [3.8, 4) is 11.5 Å². The van der Waals surface area contributed by atoms with Crippen molar-refractivity contribution in [1.82, 2.24) is 9.97 Å². The number of hydrogen-bond acceptors (Lipinski definition) is 4. The summed E-state index contributed by atoms with van der Waals surface area (Å²) in [6.45, 7) is 6.37. The molecule has 2 heterocycles. The molecule has 0 aliphatic rings. The molecule has 0 aliphatic carbocycles. The van der Waals surface area contributed by atoms with E-state index in [1.807, 2.05) is 24.3 Å². The van der Waals surface area contributed by atoms with Gasteiger partial charge >= 0.3 is 0 Å². The first-order chi connectivity index (χ1) is 9.88. The molecule has 0 amide bonds. The zero-order valence-electron chi connectivity index (χ0n) is 12.1. The first-order valence-electron chi connectivity index (χ1n) is 6.68. The Balaban J connectivity index is 2.33. The molecule has 0 saturated heterocycles. The molecule has 0 radical (unpaired) electrons. The Bertz CT molecular complexity index is 785. The number of pyridine rings is 1. The summed E-state index contributed by atoms with van der Waals surface area (Å²) < 4.78 is 6.78. The molecule has 2 N–H and O–H groups in total. The number of halogens is 1. The molecule has 5 heteroatoms. The summed E-state index contributed by atoms with van der Waals surface area (Å²) >= 11 is 3.57. The first kappa shape index (κ1) is 14.1. The quantitative estimate of drug-likeness (QED) is 0.703. The number of rotatable bonds is 1. The Labute approximate surface area is 131 Å². The Kier molecular flexibility index (Phi) is 3.24. The van der Waals surface area contributed by atoms with Crippen LogP contribution in [-0.2, 0) is 5.41 Å². The topological polar surface area (TPSA) is 64.9 Å². The highest BCUT2D eigenvalue weighted by Crippen LogP contribution is 2.40. The lowest BCUT2D eigenvalue weighted by Gasteiger charge is -2.23. The van der Waals surface area contributed by atoms with E-state index in [0.29, 0.717) is 11.7 Å². The van der Waals surface area contributed by atoms with Crippen LogP contribution in [0.3, 0.4) is 0 Å². The molecule has 3 rings (SSSR count). The Hall–Kier alpha value is -1.88. The summed E-state index contributed by atoms with van der Waals surface area (Å²) in [7, 11) is 0. The van der Waals surface area contributed by atoms with Crippen molar-refractivity contribution >= 4 is 32.8 Å². The third kappa shape index (κ3) is 2.42. The molecular weight excluding hydrogens is 330 g/mol. The number of para-hydroxylation sites is 2. The highest BCUT2D eigenvalue weighted by Gasteiger charge is 2.27. The molecule has 3 aromatic rings. The molecule has 0 unspecified atom stereocenters. The van der Waals surface area contributed by atoms with Crippen LogP contribution in [0.4, 0.5) is 5.82 Å². The van der Waals surface area contributed by atoms with E-state index in [1.54, 1.807) is 6.20 Å². The fourth-order valence-electron chi connectivity index (χ4n) is 2.43. The summed E-state index contributed by atoms with van der Waals surface area (Å²) in [4.78, 5) is 8.78. The van der Waals surface area contributed by atoms with Gasteiger partial charge < -0.3 is 10.2 Å². The molecule has 0 aliphatic heterocycles. The molecule has 1 aromatic carbocycles. The number of anilines is 1. The Morgan fingerprint density at radius 3 is 2.57 bits per heavy atom. The van der Waals surface area contributed by atoms with E-state index >= 15 is 0 Å². The highest BCUT2D eigenvalue weighted by molar-refractivity contribution is 9.10. The SMILES string of the molecule is CC(C)(C)c1c(Br)cnc(N)c1-c1nc2ccccc2o1. The molecule has 2 aromatic heterocycles. The van der Waals surface area contributed by atoms with Gasteiger partial charge in [0.25, 0.3) is 0 Å². The van der Waals surface area contributed by atoms with Gasteiger partial charge in [-0.05, 0) is 39.0 Å². The first-order valence-corrected chi connectivity index (χ1v) is 7.47. The lowest BCUT2D eigenvalue weighted by Crippen LogP contribution is -2.15. The van der Waals surface area contributed by atoms with Crippen molar-refractivity contribution in [2.24, 2.45) is 0 Å². The molecule has 0 bridgehead atoms. The maximum Gasteiger partial charge on any atom is 0.231 e. The number of nitrogens with two attached hydrogens (primary N) is 1. The third-order valence-electron chi connectivity index (χ3n) is 3.32. The van der Waals surface area contributed by atoms with Crippen molar-refractivity contribution < 1.29 is 4.42 Å². The van der Waals surface area contributed by atoms with Crippen molar-refractivity contribution in [3.63, 3.8) is 0 Å². The van der Waals surface area contributed by atoms with E-state index in [2.05, 4.69) is 46.7 Å². The zero-order chi connectivity index (χ0) is 15.2. The number of nitrogens with zero attached hydrogens (tertiary/aromatic N) is 2. The summed E-state index contributed by atoms with van der Waals surface area (Å²) in [5.41, 5.74) is 9.34. The summed E-state index contributed by atoms with van der Waals surface area (Å²) in [6, 6.07) is 7.66. The minimum absolute atomic E-state index is 0.119. The van der Waals surface area contributed by atoms with Crippen molar-refractivity contribution in [1.29, 1.82) is 0 Å². The van der Waals surface area contributed by atoms with Crippen LogP contribution in [-0.4, -0.2) is 9.97 Å². The third-order valence-corrected chi connectivity index (χ3v) is 3.92. The smallest absolute Gasteiger partial charge is 0.231 e. The standard InChI is InChI=1S/C16H16BrN3O/c1-16(2,3)13-9(17)8-19-14(18)12(13)15-20-10-6-4-5-7-11(10)21-15/h4-8H,1-3H3,(H2,18,19). The molecule has 4 nitrogen and oxygen atoms in total. The number of benzene rings is 1. The van der Waals surface area contributed by atoms with Gasteiger partial charge in [-0.25, -0.2) is 9.97 Å². The van der Waals surface area contributed by atoms with Gasteiger partial charge in [-0.15, -0.1) is 0 Å². The van der Waals surface area contributed by atoms with E-state index in [4.69, 9.17) is 10.2 Å². The summed E-state index contributed by atoms with van der Waals surface area (Å²) in [5.74, 6) is 0.933. The van der Waals surface area contributed by atoms with Crippen molar-refractivity contribution in [3.05, 3.63) is 40.5 Å². The normalized spacial score (nSPS) is 12.0. The zero-order valence-corrected chi connectivity index (χ0v) is 13.7. The maximum absolute atomic E-state index is 6.11. The monoisotopic (exact) mass is 345 g/mol. The number of fused-ring (bicyclic) bond motifs is 1. The van der Waals surface area contributed by atoms with Crippen LogP contribution in [0.1, 0.15) is 26.3 Å². The van der Waals surface area contributed by atoms with Gasteiger partial charge in [0.2, 0.25) is 5.89 Å². The molecule has 21 heavy (non-hydrogen) atoms. The second kappa shape index (κ2) is 4.84. The van der Waals surface area contributed by atoms with Gasteiger partial charge in [0, 0.05) is 10.7 Å². The number of nitrogen functional groups attached to an aromatic ring is 1. The van der Waals surface area contributed by atoms with Gasteiger partial charge in [0.15, 0.2) is 5.58 Å². The molecular formula is C16H16BrN3O. The highest BCUT2D eigenvalue weighted by atomic mass is 79.9. The molecule has 0 saturated carbocycles. The summed E-state index contributed by atoms with van der Waals surface area (Å²) in [6.07, 6.45) is 1.72. The van der Waals surface area contributed by atoms with Crippen LogP contribution in [0.5, 0.6) is 0 Å². The van der Waals surface area contributed by atoms with E-state index in [9.17, 15) is 0 Å². The van der Waals surface area contributed by atoms with E-state index in [1.165, 1.54) is 0 Å². The van der Waals surface area contributed by atoms with Crippen LogP contribution in [0, 0.1) is 0 Å². The van der Waals surface area contributed by atoms with Crippen molar-refractivity contribution in [2.45, 2.75) is 26.2 Å².